The second-order valence-corrected chi connectivity index (χ2v) is 5.98. The van der Waals surface area contributed by atoms with Crippen molar-refractivity contribution in [1.29, 1.82) is 0 Å². The normalized spacial score (nSPS) is 16.6. The fourth-order valence-electron chi connectivity index (χ4n) is 3.08. The van der Waals surface area contributed by atoms with Gasteiger partial charge in [-0.1, -0.05) is 24.9 Å². The summed E-state index contributed by atoms with van der Waals surface area (Å²) in [7, 11) is 0. The van der Waals surface area contributed by atoms with Crippen LogP contribution >= 0.6 is 0 Å². The van der Waals surface area contributed by atoms with Crippen LogP contribution in [0.25, 0.3) is 0 Å². The third kappa shape index (κ3) is 3.78. The quantitative estimate of drug-likeness (QED) is 0.846. The summed E-state index contributed by atoms with van der Waals surface area (Å²) in [5.74, 6) is 1.82. The van der Waals surface area contributed by atoms with Gasteiger partial charge in [0, 0.05) is 31.3 Å². The minimum absolute atomic E-state index is 0.0317. The van der Waals surface area contributed by atoms with Gasteiger partial charge in [0.2, 0.25) is 11.8 Å². The number of rotatable bonds is 7. The van der Waals surface area contributed by atoms with E-state index in [4.69, 9.17) is 4.52 Å². The molecule has 2 heterocycles. The monoisotopic (exact) mass is 317 g/mol. The molecule has 23 heavy (non-hydrogen) atoms. The fraction of sp³-hybridized carbons (Fsp3) is 0.625. The number of amides is 1. The lowest BCUT2D eigenvalue weighted by Gasteiger charge is -2.15. The molecular weight excluding hydrogens is 294 g/mol. The molecule has 0 aliphatic heterocycles. The van der Waals surface area contributed by atoms with Gasteiger partial charge in [0.1, 0.15) is 6.04 Å². The van der Waals surface area contributed by atoms with Gasteiger partial charge in [-0.2, -0.15) is 10.1 Å². The molecule has 1 amide bonds. The molecule has 0 radical (unpaired) electrons. The highest BCUT2D eigenvalue weighted by atomic mass is 16.5. The highest BCUT2D eigenvalue weighted by Crippen LogP contribution is 2.32. The average molecular weight is 317 g/mol. The van der Waals surface area contributed by atoms with E-state index in [2.05, 4.69) is 20.6 Å². The van der Waals surface area contributed by atoms with Gasteiger partial charge >= 0.3 is 0 Å². The molecule has 1 fully saturated rings. The van der Waals surface area contributed by atoms with Crippen LogP contribution in [0.15, 0.2) is 23.0 Å². The fourth-order valence-corrected chi connectivity index (χ4v) is 3.08. The number of nitrogens with zero attached hydrogens (tertiary/aromatic N) is 4. The lowest BCUT2D eigenvalue weighted by molar-refractivity contribution is -0.124. The molecule has 1 atom stereocenters. The maximum absolute atomic E-state index is 12.2. The molecule has 124 valence electrons. The molecule has 1 N–H and O–H groups in total. The van der Waals surface area contributed by atoms with E-state index in [0.717, 1.165) is 18.7 Å². The number of carbonyl (C=O) groups is 1. The Morgan fingerprint density at radius 3 is 3.00 bits per heavy atom. The summed E-state index contributed by atoms with van der Waals surface area (Å²) in [4.78, 5) is 16.7. The Balaban J connectivity index is 1.48. The van der Waals surface area contributed by atoms with Gasteiger partial charge in [0.25, 0.3) is 0 Å². The summed E-state index contributed by atoms with van der Waals surface area (Å²) >= 11 is 0. The van der Waals surface area contributed by atoms with Crippen molar-refractivity contribution < 1.29 is 9.32 Å². The van der Waals surface area contributed by atoms with Crippen LogP contribution in [0.3, 0.4) is 0 Å². The number of carbonyl (C=O) groups excluding carboxylic acids is 1. The van der Waals surface area contributed by atoms with Crippen molar-refractivity contribution in [2.24, 2.45) is 0 Å². The standard InChI is InChI=1S/C16H23N5O2/c1-2-13(21-11-5-9-18-21)15(22)17-10-8-14-19-16(23-20-14)12-6-3-4-7-12/h5,9,11-13H,2-4,6-8,10H2,1H3,(H,17,22)/t13-/m0/s1. The van der Waals surface area contributed by atoms with Gasteiger partial charge in [-0.25, -0.2) is 0 Å². The van der Waals surface area contributed by atoms with E-state index in [1.165, 1.54) is 12.8 Å². The lowest BCUT2D eigenvalue weighted by Crippen LogP contribution is -2.34. The van der Waals surface area contributed by atoms with E-state index < -0.39 is 0 Å². The van der Waals surface area contributed by atoms with Crippen molar-refractivity contribution in [3.8, 4) is 0 Å². The van der Waals surface area contributed by atoms with Crippen LogP contribution in [-0.4, -0.2) is 32.4 Å². The van der Waals surface area contributed by atoms with Crippen molar-refractivity contribution >= 4 is 5.91 Å². The Morgan fingerprint density at radius 1 is 1.48 bits per heavy atom. The Morgan fingerprint density at radius 2 is 2.30 bits per heavy atom. The van der Waals surface area contributed by atoms with Crippen molar-refractivity contribution in [3.05, 3.63) is 30.2 Å². The largest absolute Gasteiger partial charge is 0.354 e. The molecule has 0 spiro atoms. The predicted molar refractivity (Wildman–Crippen MR) is 83.8 cm³/mol. The van der Waals surface area contributed by atoms with E-state index in [-0.39, 0.29) is 11.9 Å². The second kappa shape index (κ2) is 7.39. The van der Waals surface area contributed by atoms with Gasteiger partial charge in [-0.05, 0) is 25.3 Å². The summed E-state index contributed by atoms with van der Waals surface area (Å²) in [6.45, 7) is 2.47. The highest BCUT2D eigenvalue weighted by Gasteiger charge is 2.23. The molecule has 7 nitrogen and oxygen atoms in total. The average Bonchev–Trinajstić information content (AvgIpc) is 3.30. The van der Waals surface area contributed by atoms with Crippen LogP contribution in [-0.2, 0) is 11.2 Å². The van der Waals surface area contributed by atoms with Gasteiger partial charge in [0.15, 0.2) is 5.82 Å². The Kier molecular flexibility index (Phi) is 5.05. The van der Waals surface area contributed by atoms with E-state index in [1.54, 1.807) is 17.1 Å². The Labute approximate surface area is 135 Å². The summed E-state index contributed by atoms with van der Waals surface area (Å²) in [6.07, 6.45) is 9.52. The van der Waals surface area contributed by atoms with Crippen LogP contribution in [0, 0.1) is 0 Å². The molecule has 0 bridgehead atoms. The molecule has 1 aliphatic carbocycles. The molecule has 0 aromatic carbocycles. The number of hydrogen-bond donors (Lipinski definition) is 1. The van der Waals surface area contributed by atoms with E-state index in [0.29, 0.717) is 31.1 Å². The maximum atomic E-state index is 12.2. The zero-order valence-corrected chi connectivity index (χ0v) is 13.4. The maximum Gasteiger partial charge on any atom is 0.244 e. The summed E-state index contributed by atoms with van der Waals surface area (Å²) in [6, 6.07) is 1.55. The summed E-state index contributed by atoms with van der Waals surface area (Å²) in [5.41, 5.74) is 0. The predicted octanol–water partition coefficient (Wildman–Crippen LogP) is 2.23. The van der Waals surface area contributed by atoms with Crippen molar-refractivity contribution in [3.63, 3.8) is 0 Å². The summed E-state index contributed by atoms with van der Waals surface area (Å²) in [5, 5.41) is 11.1. The van der Waals surface area contributed by atoms with Crippen LogP contribution in [0.4, 0.5) is 0 Å². The molecule has 2 aromatic rings. The molecular formula is C16H23N5O2. The Bertz CT molecular complexity index is 616. The third-order valence-electron chi connectivity index (χ3n) is 4.37. The van der Waals surface area contributed by atoms with Gasteiger partial charge in [-0.15, -0.1) is 0 Å². The van der Waals surface area contributed by atoms with Crippen molar-refractivity contribution in [2.75, 3.05) is 6.54 Å². The topological polar surface area (TPSA) is 85.8 Å². The van der Waals surface area contributed by atoms with Crippen LogP contribution < -0.4 is 5.32 Å². The second-order valence-electron chi connectivity index (χ2n) is 5.98. The smallest absolute Gasteiger partial charge is 0.244 e. The van der Waals surface area contributed by atoms with E-state index in [9.17, 15) is 4.79 Å². The van der Waals surface area contributed by atoms with Crippen LogP contribution in [0.1, 0.15) is 62.7 Å². The van der Waals surface area contributed by atoms with Gasteiger partial charge in [0.05, 0.1) is 0 Å². The molecule has 1 saturated carbocycles. The molecule has 2 aromatic heterocycles. The first-order valence-corrected chi connectivity index (χ1v) is 8.37. The third-order valence-corrected chi connectivity index (χ3v) is 4.37. The zero-order valence-electron chi connectivity index (χ0n) is 13.4. The van der Waals surface area contributed by atoms with E-state index in [1.807, 2.05) is 13.0 Å². The molecule has 7 heteroatoms. The summed E-state index contributed by atoms with van der Waals surface area (Å²) < 4.78 is 7.03. The van der Waals surface area contributed by atoms with Crippen LogP contribution in [0.2, 0.25) is 0 Å². The first-order valence-electron chi connectivity index (χ1n) is 8.37. The molecule has 3 rings (SSSR count). The van der Waals surface area contributed by atoms with Crippen molar-refractivity contribution in [1.82, 2.24) is 25.2 Å². The highest BCUT2D eigenvalue weighted by molar-refractivity contribution is 5.80. The minimum Gasteiger partial charge on any atom is -0.354 e. The number of aromatic nitrogens is 4. The van der Waals surface area contributed by atoms with E-state index >= 15 is 0 Å². The molecule has 0 unspecified atom stereocenters. The SMILES string of the molecule is CC[C@@H](C(=O)NCCc1noc(C2CCCC2)n1)n1cccn1. The molecule has 1 aliphatic rings. The zero-order chi connectivity index (χ0) is 16.1. The first kappa shape index (κ1) is 15.7. The first-order chi connectivity index (χ1) is 11.3. The van der Waals surface area contributed by atoms with Crippen LogP contribution in [0.5, 0.6) is 0 Å². The number of nitrogens with one attached hydrogen (secondary N) is 1. The lowest BCUT2D eigenvalue weighted by atomic mass is 10.1. The van der Waals surface area contributed by atoms with Gasteiger partial charge < -0.3 is 9.84 Å². The molecule has 0 saturated heterocycles. The minimum atomic E-state index is -0.274. The van der Waals surface area contributed by atoms with Crippen molar-refractivity contribution in [2.45, 2.75) is 57.4 Å². The Hall–Kier alpha value is -2.18. The number of hydrogen-bond acceptors (Lipinski definition) is 5. The van der Waals surface area contributed by atoms with Gasteiger partial charge in [-0.3, -0.25) is 9.48 Å².